The molecule has 1 aromatic rings. The number of fused-ring (bicyclic) bond motifs is 1. The van der Waals surface area contributed by atoms with Gasteiger partial charge in [-0.05, 0) is 17.7 Å². The highest BCUT2D eigenvalue weighted by molar-refractivity contribution is 6.17. The number of rotatable bonds is 2. The third kappa shape index (κ3) is 2.33. The molecule has 6 heteroatoms. The zero-order valence-electron chi connectivity index (χ0n) is 11.0. The lowest BCUT2D eigenvalue weighted by atomic mass is 10.1. The van der Waals surface area contributed by atoms with Crippen molar-refractivity contribution in [2.45, 2.75) is 11.9 Å². The summed E-state index contributed by atoms with van der Waals surface area (Å²) < 4.78 is 0. The average molecular weight is 294 g/mol. The number of hydrogen-bond acceptors (Lipinski definition) is 2. The molecule has 1 atom stereocenters. The first-order valence-electron chi connectivity index (χ1n) is 6.67. The number of carbonyl (C=O) groups is 2. The van der Waals surface area contributed by atoms with Crippen LogP contribution in [-0.4, -0.2) is 54.0 Å². The fourth-order valence-electron chi connectivity index (χ4n) is 2.71. The number of nitrogens with one attached hydrogen (secondary N) is 1. The van der Waals surface area contributed by atoms with Gasteiger partial charge in [-0.25, -0.2) is 4.79 Å². The molecule has 2 aliphatic rings. The van der Waals surface area contributed by atoms with Gasteiger partial charge in [-0.2, -0.15) is 0 Å². The monoisotopic (exact) mass is 293 g/mol. The highest BCUT2D eigenvalue weighted by atomic mass is 35.5. The predicted molar refractivity (Wildman–Crippen MR) is 75.8 cm³/mol. The number of amides is 3. The molecule has 2 heterocycles. The van der Waals surface area contributed by atoms with Gasteiger partial charge in [0.15, 0.2) is 0 Å². The smallest absolute Gasteiger partial charge is 0.317 e. The molecule has 3 rings (SSSR count). The molecule has 1 N–H and O–H groups in total. The molecule has 0 bridgehead atoms. The second kappa shape index (κ2) is 5.32. The molecular formula is C14H16ClN3O2. The zero-order chi connectivity index (χ0) is 14.1. The Kier molecular flexibility index (Phi) is 3.53. The average Bonchev–Trinajstić information content (AvgIpc) is 2.87. The maximum Gasteiger partial charge on any atom is 0.317 e. The maximum atomic E-state index is 12.4. The van der Waals surface area contributed by atoms with Gasteiger partial charge in [-0.1, -0.05) is 12.1 Å². The van der Waals surface area contributed by atoms with Gasteiger partial charge < -0.3 is 15.1 Å². The minimum atomic E-state index is -0.0198. The predicted octanol–water partition coefficient (Wildman–Crippen LogP) is 1.27. The van der Waals surface area contributed by atoms with Gasteiger partial charge in [0.05, 0.1) is 6.04 Å². The molecule has 0 spiro atoms. The summed E-state index contributed by atoms with van der Waals surface area (Å²) in [5.41, 5.74) is 1.67. The summed E-state index contributed by atoms with van der Waals surface area (Å²) in [4.78, 5) is 27.6. The van der Waals surface area contributed by atoms with E-state index in [4.69, 9.17) is 11.6 Å². The highest BCUT2D eigenvalue weighted by Gasteiger charge is 2.36. The summed E-state index contributed by atoms with van der Waals surface area (Å²) in [6.07, 6.45) is 0. The van der Waals surface area contributed by atoms with Crippen molar-refractivity contribution in [3.05, 3.63) is 35.4 Å². The van der Waals surface area contributed by atoms with Crippen molar-refractivity contribution >= 4 is 23.5 Å². The number of urea groups is 1. The van der Waals surface area contributed by atoms with E-state index in [0.717, 1.165) is 5.56 Å². The summed E-state index contributed by atoms with van der Waals surface area (Å²) >= 11 is 5.74. The number of piperazine rings is 1. The lowest BCUT2D eigenvalue weighted by Crippen LogP contribution is -2.53. The zero-order valence-corrected chi connectivity index (χ0v) is 11.8. The fraction of sp³-hybridized carbons (Fsp3) is 0.429. The van der Waals surface area contributed by atoms with Crippen LogP contribution in [0, 0.1) is 0 Å². The van der Waals surface area contributed by atoms with Crippen LogP contribution in [0.1, 0.15) is 15.9 Å². The van der Waals surface area contributed by atoms with E-state index >= 15 is 0 Å². The fourth-order valence-corrected chi connectivity index (χ4v) is 2.89. The first-order chi connectivity index (χ1) is 9.69. The van der Waals surface area contributed by atoms with Gasteiger partial charge in [-0.3, -0.25) is 4.79 Å². The van der Waals surface area contributed by atoms with Crippen LogP contribution in [0.4, 0.5) is 4.79 Å². The van der Waals surface area contributed by atoms with Crippen molar-refractivity contribution in [3.8, 4) is 0 Å². The molecule has 106 valence electrons. The van der Waals surface area contributed by atoms with Crippen LogP contribution in [0.25, 0.3) is 0 Å². The van der Waals surface area contributed by atoms with Crippen molar-refractivity contribution in [2.24, 2.45) is 0 Å². The van der Waals surface area contributed by atoms with Crippen LogP contribution < -0.4 is 5.32 Å². The van der Waals surface area contributed by atoms with Crippen molar-refractivity contribution in [3.63, 3.8) is 0 Å². The Labute approximate surface area is 122 Å². The summed E-state index contributed by atoms with van der Waals surface area (Å²) in [6.45, 7) is 2.39. The molecule has 3 amide bonds. The van der Waals surface area contributed by atoms with Crippen LogP contribution in [-0.2, 0) is 5.88 Å². The van der Waals surface area contributed by atoms with E-state index in [1.165, 1.54) is 0 Å². The van der Waals surface area contributed by atoms with E-state index in [2.05, 4.69) is 5.32 Å². The number of alkyl halides is 1. The molecule has 5 nitrogen and oxygen atoms in total. The standard InChI is InChI=1S/C14H16ClN3O2/c15-7-10-1-3-11(4-2-10)13(19)17-5-6-18-12(9-17)8-16-14(18)20/h1-4,12H,5-9H2,(H,16,20). The molecule has 2 fully saturated rings. The SMILES string of the molecule is O=C(c1ccc(CCl)cc1)N1CCN2C(=O)NCC2C1. The number of nitrogens with zero attached hydrogens (tertiary/aromatic N) is 2. The first-order valence-corrected chi connectivity index (χ1v) is 7.21. The molecule has 2 aliphatic heterocycles. The minimum Gasteiger partial charge on any atom is -0.336 e. The van der Waals surface area contributed by atoms with E-state index in [1.54, 1.807) is 4.90 Å². The Morgan fingerprint density at radius 2 is 2.05 bits per heavy atom. The normalized spacial score (nSPS) is 21.6. The molecule has 0 aliphatic carbocycles. The first kappa shape index (κ1) is 13.2. The Morgan fingerprint density at radius 3 is 2.75 bits per heavy atom. The molecule has 2 saturated heterocycles. The van der Waals surface area contributed by atoms with Crippen LogP contribution in [0.15, 0.2) is 24.3 Å². The topological polar surface area (TPSA) is 52.7 Å². The molecule has 0 aromatic heterocycles. The van der Waals surface area contributed by atoms with Crippen LogP contribution in [0.3, 0.4) is 0 Å². The molecule has 1 unspecified atom stereocenters. The Hall–Kier alpha value is -1.75. The van der Waals surface area contributed by atoms with Gasteiger partial charge in [-0.15, -0.1) is 11.6 Å². The molecule has 20 heavy (non-hydrogen) atoms. The highest BCUT2D eigenvalue weighted by Crippen LogP contribution is 2.17. The molecular weight excluding hydrogens is 278 g/mol. The Morgan fingerprint density at radius 1 is 1.30 bits per heavy atom. The summed E-state index contributed by atoms with van der Waals surface area (Å²) in [6, 6.07) is 7.44. The molecule has 0 saturated carbocycles. The lowest BCUT2D eigenvalue weighted by Gasteiger charge is -2.36. The van der Waals surface area contributed by atoms with Gasteiger partial charge in [0.25, 0.3) is 5.91 Å². The number of carbonyl (C=O) groups excluding carboxylic acids is 2. The maximum absolute atomic E-state index is 12.4. The molecule has 0 radical (unpaired) electrons. The van der Waals surface area contributed by atoms with Crippen molar-refractivity contribution in [2.75, 3.05) is 26.2 Å². The van der Waals surface area contributed by atoms with Gasteiger partial charge in [0, 0.05) is 37.6 Å². The van der Waals surface area contributed by atoms with E-state index < -0.39 is 0 Å². The third-order valence-corrected chi connectivity index (χ3v) is 4.18. The number of benzene rings is 1. The van der Waals surface area contributed by atoms with E-state index in [9.17, 15) is 9.59 Å². The summed E-state index contributed by atoms with van der Waals surface area (Å²) in [7, 11) is 0. The number of hydrogen-bond donors (Lipinski definition) is 1. The van der Waals surface area contributed by atoms with Crippen LogP contribution >= 0.6 is 11.6 Å². The Balaban J connectivity index is 1.70. The van der Waals surface area contributed by atoms with Crippen LogP contribution in [0.5, 0.6) is 0 Å². The van der Waals surface area contributed by atoms with E-state index in [-0.39, 0.29) is 18.0 Å². The van der Waals surface area contributed by atoms with Gasteiger partial charge in [0.2, 0.25) is 0 Å². The van der Waals surface area contributed by atoms with Crippen molar-refractivity contribution in [1.82, 2.24) is 15.1 Å². The van der Waals surface area contributed by atoms with E-state index in [1.807, 2.05) is 29.2 Å². The van der Waals surface area contributed by atoms with E-state index in [0.29, 0.717) is 37.6 Å². The van der Waals surface area contributed by atoms with Gasteiger partial charge in [0.1, 0.15) is 0 Å². The second-order valence-electron chi connectivity index (χ2n) is 5.11. The quantitative estimate of drug-likeness (QED) is 0.835. The van der Waals surface area contributed by atoms with Gasteiger partial charge >= 0.3 is 6.03 Å². The Bertz CT molecular complexity index is 532. The summed E-state index contributed by atoms with van der Waals surface area (Å²) in [5.74, 6) is 0.466. The van der Waals surface area contributed by atoms with Crippen LogP contribution in [0.2, 0.25) is 0 Å². The largest absolute Gasteiger partial charge is 0.336 e. The number of halogens is 1. The molecule has 1 aromatic carbocycles. The summed E-state index contributed by atoms with van der Waals surface area (Å²) in [5, 5.41) is 2.81. The van der Waals surface area contributed by atoms with Crippen molar-refractivity contribution < 1.29 is 9.59 Å². The second-order valence-corrected chi connectivity index (χ2v) is 5.38. The third-order valence-electron chi connectivity index (χ3n) is 3.87. The lowest BCUT2D eigenvalue weighted by molar-refractivity contribution is 0.0617. The minimum absolute atomic E-state index is 0.0186. The van der Waals surface area contributed by atoms with Crippen molar-refractivity contribution in [1.29, 1.82) is 0 Å².